The van der Waals surface area contributed by atoms with E-state index in [0.717, 1.165) is 6.42 Å². The zero-order valence-corrected chi connectivity index (χ0v) is 19.4. The molecule has 15 heteroatoms. The largest absolute Gasteiger partial charge is 0.481 e. The van der Waals surface area contributed by atoms with Crippen molar-refractivity contribution in [2.75, 3.05) is 6.54 Å². The second-order valence-corrected chi connectivity index (χ2v) is 8.32. The topological polar surface area (TPSA) is 240 Å². The highest BCUT2D eigenvalue weighted by Gasteiger charge is 2.32. The third-order valence-electron chi connectivity index (χ3n) is 5.53. The quantitative estimate of drug-likeness (QED) is 0.128. The Bertz CT molecular complexity index is 946. The molecule has 1 saturated heterocycles. The molecule has 1 aliphatic heterocycles. The lowest BCUT2D eigenvalue weighted by Gasteiger charge is -2.25. The highest BCUT2D eigenvalue weighted by atomic mass is 16.4. The summed E-state index contributed by atoms with van der Waals surface area (Å²) in [4.78, 5) is 78.5. The predicted octanol–water partition coefficient (Wildman–Crippen LogP) is -2.03. The number of carbonyl (C=O) groups is 6. The molecule has 2 rings (SSSR count). The lowest BCUT2D eigenvalue weighted by atomic mass is 10.1. The second-order valence-electron chi connectivity index (χ2n) is 8.32. The maximum Gasteiger partial charge on any atom is 0.326 e. The first-order chi connectivity index (χ1) is 17.1. The van der Waals surface area contributed by atoms with Gasteiger partial charge in [0.15, 0.2) is 0 Å². The van der Waals surface area contributed by atoms with Crippen LogP contribution >= 0.6 is 0 Å². The van der Waals surface area contributed by atoms with Gasteiger partial charge in [0.1, 0.15) is 18.1 Å². The third kappa shape index (κ3) is 9.32. The van der Waals surface area contributed by atoms with Crippen molar-refractivity contribution in [2.45, 2.75) is 69.1 Å². The fraction of sp³-hybridized carbons (Fsp3) is 0.571. The van der Waals surface area contributed by atoms with Crippen LogP contribution in [-0.4, -0.2) is 91.6 Å². The molecule has 15 nitrogen and oxygen atoms in total. The van der Waals surface area contributed by atoms with Gasteiger partial charge in [-0.15, -0.1) is 0 Å². The molecular weight excluding hydrogens is 480 g/mol. The first-order valence-corrected chi connectivity index (χ1v) is 11.3. The summed E-state index contributed by atoms with van der Waals surface area (Å²) >= 11 is 0. The normalized spacial score (nSPS) is 17.4. The number of carboxylic acids is 3. The van der Waals surface area contributed by atoms with E-state index >= 15 is 0 Å². The molecular formula is C21H30N6O9. The highest BCUT2D eigenvalue weighted by molar-refractivity contribution is 5.94. The molecule has 0 radical (unpaired) electrons. The Labute approximate surface area is 205 Å². The molecule has 0 spiro atoms. The maximum atomic E-state index is 13.0. The van der Waals surface area contributed by atoms with Gasteiger partial charge >= 0.3 is 17.9 Å². The van der Waals surface area contributed by atoms with Gasteiger partial charge in [-0.05, 0) is 32.2 Å². The third-order valence-corrected chi connectivity index (χ3v) is 5.53. The van der Waals surface area contributed by atoms with E-state index in [9.17, 15) is 33.9 Å². The Morgan fingerprint density at radius 3 is 2.06 bits per heavy atom. The van der Waals surface area contributed by atoms with Crippen LogP contribution in [0.25, 0.3) is 0 Å². The average Bonchev–Trinajstić information content (AvgIpc) is 3.52. The molecule has 1 aliphatic rings. The van der Waals surface area contributed by atoms with E-state index < -0.39 is 72.6 Å². The van der Waals surface area contributed by atoms with Crippen molar-refractivity contribution in [3.05, 3.63) is 18.2 Å². The van der Waals surface area contributed by atoms with Crippen molar-refractivity contribution in [1.82, 2.24) is 31.2 Å². The summed E-state index contributed by atoms with van der Waals surface area (Å²) in [5, 5.41) is 37.4. The number of amides is 3. The summed E-state index contributed by atoms with van der Waals surface area (Å²) < 4.78 is 0. The summed E-state index contributed by atoms with van der Waals surface area (Å²) in [7, 11) is 0. The smallest absolute Gasteiger partial charge is 0.326 e. The molecule has 1 aromatic rings. The van der Waals surface area contributed by atoms with E-state index in [1.807, 2.05) is 0 Å². The Balaban J connectivity index is 2.16. The van der Waals surface area contributed by atoms with Crippen molar-refractivity contribution in [3.8, 4) is 0 Å². The monoisotopic (exact) mass is 510 g/mol. The molecule has 1 aromatic heterocycles. The predicted molar refractivity (Wildman–Crippen MR) is 120 cm³/mol. The van der Waals surface area contributed by atoms with E-state index in [-0.39, 0.29) is 19.3 Å². The van der Waals surface area contributed by atoms with Crippen molar-refractivity contribution >= 4 is 35.6 Å². The summed E-state index contributed by atoms with van der Waals surface area (Å²) in [6.07, 6.45) is 2.36. The average molecular weight is 511 g/mol. The molecule has 4 unspecified atom stereocenters. The molecule has 0 aromatic carbocycles. The van der Waals surface area contributed by atoms with Gasteiger partial charge in [0.25, 0.3) is 0 Å². The van der Waals surface area contributed by atoms with Crippen molar-refractivity contribution in [2.24, 2.45) is 0 Å². The number of nitrogens with zero attached hydrogens (tertiary/aromatic N) is 1. The number of carbonyl (C=O) groups excluding carboxylic acids is 3. The van der Waals surface area contributed by atoms with Gasteiger partial charge in [-0.1, -0.05) is 0 Å². The molecule has 0 bridgehead atoms. The van der Waals surface area contributed by atoms with E-state index in [1.165, 1.54) is 12.5 Å². The lowest BCUT2D eigenvalue weighted by molar-refractivity contribution is -0.143. The number of aliphatic carboxylic acids is 3. The standard InChI is InChI=1S/C21H30N6O9/c28-16(29)5-3-13(25-18(32)12-2-1-7-23-12)19(33)27-15(8-11-9-22-10-24-11)20(34)26-14(21(35)36)4-6-17(30)31/h9-10,12-15,23H,1-8H2,(H,22,24)(H,25,32)(H,26,34)(H,27,33)(H,28,29)(H,30,31)(H,35,36). The van der Waals surface area contributed by atoms with Crippen LogP contribution in [0.15, 0.2) is 12.5 Å². The van der Waals surface area contributed by atoms with E-state index in [0.29, 0.717) is 18.7 Å². The van der Waals surface area contributed by atoms with Crippen LogP contribution in [0.2, 0.25) is 0 Å². The zero-order valence-electron chi connectivity index (χ0n) is 19.4. The van der Waals surface area contributed by atoms with Gasteiger partial charge in [-0.25, -0.2) is 9.78 Å². The van der Waals surface area contributed by atoms with Gasteiger partial charge in [-0.2, -0.15) is 0 Å². The minimum atomic E-state index is -1.52. The summed E-state index contributed by atoms with van der Waals surface area (Å²) in [6, 6.07) is -4.65. The first kappa shape index (κ1) is 28.2. The fourth-order valence-corrected chi connectivity index (χ4v) is 3.61. The number of carboxylic acid groups (broad SMARTS) is 3. The number of imidazole rings is 1. The number of aromatic amines is 1. The van der Waals surface area contributed by atoms with Crippen molar-refractivity contribution < 1.29 is 44.1 Å². The van der Waals surface area contributed by atoms with Crippen LogP contribution in [-0.2, 0) is 35.2 Å². The molecule has 198 valence electrons. The van der Waals surface area contributed by atoms with Crippen molar-refractivity contribution in [3.63, 3.8) is 0 Å². The Morgan fingerprint density at radius 1 is 0.917 bits per heavy atom. The van der Waals surface area contributed by atoms with Gasteiger partial charge in [-0.3, -0.25) is 24.0 Å². The van der Waals surface area contributed by atoms with Crippen LogP contribution < -0.4 is 21.3 Å². The van der Waals surface area contributed by atoms with Gasteiger partial charge in [0.2, 0.25) is 17.7 Å². The van der Waals surface area contributed by atoms with Gasteiger partial charge in [0, 0.05) is 31.2 Å². The Hall–Kier alpha value is -4.01. The molecule has 0 saturated carbocycles. The second kappa shape index (κ2) is 13.8. The molecule has 1 fully saturated rings. The molecule has 36 heavy (non-hydrogen) atoms. The summed E-state index contributed by atoms with van der Waals surface area (Å²) in [5.74, 6) is -6.10. The fourth-order valence-electron chi connectivity index (χ4n) is 3.61. The highest BCUT2D eigenvalue weighted by Crippen LogP contribution is 2.08. The number of hydrogen-bond acceptors (Lipinski definition) is 8. The number of rotatable bonds is 15. The summed E-state index contributed by atoms with van der Waals surface area (Å²) in [6.45, 7) is 0.628. The molecule has 8 N–H and O–H groups in total. The van der Waals surface area contributed by atoms with Crippen LogP contribution in [0, 0.1) is 0 Å². The Morgan fingerprint density at radius 2 is 1.53 bits per heavy atom. The minimum absolute atomic E-state index is 0.132. The van der Waals surface area contributed by atoms with Gasteiger partial charge in [0.05, 0.1) is 12.4 Å². The molecule has 4 atom stereocenters. The van der Waals surface area contributed by atoms with Crippen LogP contribution in [0.5, 0.6) is 0 Å². The van der Waals surface area contributed by atoms with Crippen LogP contribution in [0.3, 0.4) is 0 Å². The van der Waals surface area contributed by atoms with E-state index in [1.54, 1.807) is 0 Å². The van der Waals surface area contributed by atoms with E-state index in [4.69, 9.17) is 10.2 Å². The van der Waals surface area contributed by atoms with Crippen LogP contribution in [0.4, 0.5) is 0 Å². The molecule has 0 aliphatic carbocycles. The van der Waals surface area contributed by atoms with Crippen molar-refractivity contribution in [1.29, 1.82) is 0 Å². The first-order valence-electron chi connectivity index (χ1n) is 11.3. The van der Waals surface area contributed by atoms with Gasteiger partial charge < -0.3 is 41.6 Å². The number of H-pyrrole nitrogens is 1. The zero-order chi connectivity index (χ0) is 26.7. The van der Waals surface area contributed by atoms with Crippen LogP contribution in [0.1, 0.15) is 44.2 Å². The number of aromatic nitrogens is 2. The minimum Gasteiger partial charge on any atom is -0.481 e. The Kier molecular flexibility index (Phi) is 10.8. The number of nitrogens with one attached hydrogen (secondary N) is 5. The summed E-state index contributed by atoms with van der Waals surface area (Å²) in [5.41, 5.74) is 0.425. The van der Waals surface area contributed by atoms with E-state index in [2.05, 4.69) is 31.2 Å². The number of hydrogen-bond donors (Lipinski definition) is 8. The maximum absolute atomic E-state index is 13.0. The molecule has 3 amide bonds. The SMILES string of the molecule is O=C(O)CCC(NC(=O)C(Cc1cnc[nH]1)NC(=O)C(CCC(=O)O)NC(=O)C1CCCN1)C(=O)O. The lowest BCUT2D eigenvalue weighted by Crippen LogP contribution is -2.57. The molecule has 2 heterocycles.